The number of urea groups is 1. The normalized spacial score (nSPS) is 11.5. The van der Waals surface area contributed by atoms with Gasteiger partial charge >= 0.3 is 12.0 Å². The highest BCUT2D eigenvalue weighted by atomic mass is 16.4. The van der Waals surface area contributed by atoms with Crippen LogP contribution in [0.3, 0.4) is 0 Å². The lowest BCUT2D eigenvalue weighted by atomic mass is 10.1. The highest BCUT2D eigenvalue weighted by Crippen LogP contribution is 2.11. The summed E-state index contributed by atoms with van der Waals surface area (Å²) in [6, 6.07) is 5.44. The second-order valence-corrected chi connectivity index (χ2v) is 4.55. The van der Waals surface area contributed by atoms with Crippen molar-refractivity contribution >= 4 is 23.6 Å². The molecule has 0 radical (unpaired) electrons. The van der Waals surface area contributed by atoms with E-state index in [2.05, 4.69) is 10.6 Å². The van der Waals surface area contributed by atoms with Crippen LogP contribution in [0.1, 0.15) is 25.3 Å². The van der Waals surface area contributed by atoms with Crippen LogP contribution in [0, 0.1) is 0 Å². The van der Waals surface area contributed by atoms with E-state index in [1.165, 1.54) is 0 Å². The van der Waals surface area contributed by atoms with E-state index in [0.717, 1.165) is 12.0 Å². The van der Waals surface area contributed by atoms with Gasteiger partial charge in [-0.15, -0.1) is 0 Å². The van der Waals surface area contributed by atoms with Crippen LogP contribution in [-0.4, -0.2) is 29.1 Å². The monoisotopic (exact) mass is 293 g/mol. The van der Waals surface area contributed by atoms with Crippen molar-refractivity contribution in [3.63, 3.8) is 0 Å². The van der Waals surface area contributed by atoms with Crippen molar-refractivity contribution in [1.29, 1.82) is 0 Å². The molecule has 7 heteroatoms. The lowest BCUT2D eigenvalue weighted by Crippen LogP contribution is -2.43. The molecule has 5 N–H and O–H groups in total. The van der Waals surface area contributed by atoms with Crippen LogP contribution in [-0.2, 0) is 16.0 Å². The SMILES string of the molecule is CCc1cccc(NC(=O)N[C@H](CCC(N)=O)C(=O)O)c1. The number of anilines is 1. The molecule has 0 unspecified atom stereocenters. The van der Waals surface area contributed by atoms with E-state index in [9.17, 15) is 14.4 Å². The number of rotatable bonds is 7. The predicted octanol–water partition coefficient (Wildman–Crippen LogP) is 1.09. The Morgan fingerprint density at radius 2 is 2.05 bits per heavy atom. The number of hydrogen-bond donors (Lipinski definition) is 4. The number of nitrogens with one attached hydrogen (secondary N) is 2. The first-order valence-corrected chi connectivity index (χ1v) is 6.60. The molecule has 0 aliphatic carbocycles. The molecule has 0 saturated heterocycles. The first kappa shape index (κ1) is 16.5. The summed E-state index contributed by atoms with van der Waals surface area (Å²) in [5.41, 5.74) is 6.59. The van der Waals surface area contributed by atoms with Crippen molar-refractivity contribution in [2.75, 3.05) is 5.32 Å². The minimum Gasteiger partial charge on any atom is -0.480 e. The molecule has 1 rings (SSSR count). The van der Waals surface area contributed by atoms with E-state index >= 15 is 0 Å². The Morgan fingerprint density at radius 1 is 1.33 bits per heavy atom. The number of aryl methyl sites for hydroxylation is 1. The number of carboxylic acids is 1. The van der Waals surface area contributed by atoms with Crippen LogP contribution in [0.15, 0.2) is 24.3 Å². The molecule has 0 spiro atoms. The molecule has 3 amide bonds. The molecule has 1 aromatic rings. The molecule has 1 aromatic carbocycles. The van der Waals surface area contributed by atoms with E-state index in [1.54, 1.807) is 18.2 Å². The minimum absolute atomic E-state index is 0.0485. The minimum atomic E-state index is -1.21. The Bertz CT molecular complexity index is 531. The highest BCUT2D eigenvalue weighted by molar-refractivity contribution is 5.92. The van der Waals surface area contributed by atoms with Gasteiger partial charge in [-0.25, -0.2) is 9.59 Å². The number of amides is 3. The summed E-state index contributed by atoms with van der Waals surface area (Å²) in [6.45, 7) is 1.99. The summed E-state index contributed by atoms with van der Waals surface area (Å²) in [6.07, 6.45) is 0.670. The Balaban J connectivity index is 2.60. The fraction of sp³-hybridized carbons (Fsp3) is 0.357. The van der Waals surface area contributed by atoms with E-state index in [-0.39, 0.29) is 12.8 Å². The zero-order valence-electron chi connectivity index (χ0n) is 11.8. The van der Waals surface area contributed by atoms with Crippen LogP contribution in [0.4, 0.5) is 10.5 Å². The Hall–Kier alpha value is -2.57. The number of hydrogen-bond acceptors (Lipinski definition) is 3. The number of aliphatic carboxylic acids is 1. The zero-order valence-corrected chi connectivity index (χ0v) is 11.8. The largest absolute Gasteiger partial charge is 0.480 e. The van der Waals surface area contributed by atoms with Gasteiger partial charge in [0.2, 0.25) is 5.91 Å². The van der Waals surface area contributed by atoms with Crippen molar-refractivity contribution < 1.29 is 19.5 Å². The van der Waals surface area contributed by atoms with Gasteiger partial charge in [-0.1, -0.05) is 19.1 Å². The molecule has 0 aliphatic rings. The van der Waals surface area contributed by atoms with Gasteiger partial charge in [0.25, 0.3) is 0 Å². The average molecular weight is 293 g/mol. The standard InChI is InChI=1S/C14H19N3O4/c1-2-9-4-3-5-10(8-9)16-14(21)17-11(13(19)20)6-7-12(15)18/h3-5,8,11H,2,6-7H2,1H3,(H2,15,18)(H,19,20)(H2,16,17,21)/t11-/m1/s1. The second-order valence-electron chi connectivity index (χ2n) is 4.55. The van der Waals surface area contributed by atoms with Gasteiger partial charge in [0.15, 0.2) is 0 Å². The molecule has 7 nitrogen and oxygen atoms in total. The number of benzene rings is 1. The predicted molar refractivity (Wildman–Crippen MR) is 77.8 cm³/mol. The van der Waals surface area contributed by atoms with Crippen LogP contribution in [0.25, 0.3) is 0 Å². The second kappa shape index (κ2) is 7.88. The zero-order chi connectivity index (χ0) is 15.8. The number of carbonyl (C=O) groups excluding carboxylic acids is 2. The third-order valence-corrected chi connectivity index (χ3v) is 2.88. The van der Waals surface area contributed by atoms with Crippen molar-refractivity contribution in [2.45, 2.75) is 32.2 Å². The molecule has 21 heavy (non-hydrogen) atoms. The Morgan fingerprint density at radius 3 is 2.62 bits per heavy atom. The number of nitrogens with two attached hydrogens (primary N) is 1. The van der Waals surface area contributed by atoms with Crippen molar-refractivity contribution in [3.05, 3.63) is 29.8 Å². The quantitative estimate of drug-likeness (QED) is 0.601. The summed E-state index contributed by atoms with van der Waals surface area (Å²) < 4.78 is 0. The maximum Gasteiger partial charge on any atom is 0.326 e. The molecule has 1 atom stereocenters. The third-order valence-electron chi connectivity index (χ3n) is 2.88. The van der Waals surface area contributed by atoms with E-state index < -0.39 is 23.9 Å². The lowest BCUT2D eigenvalue weighted by Gasteiger charge is -2.14. The van der Waals surface area contributed by atoms with E-state index in [1.807, 2.05) is 13.0 Å². The molecule has 0 aromatic heterocycles. The third kappa shape index (κ3) is 5.94. The summed E-state index contributed by atoms with van der Waals surface area (Å²) in [5, 5.41) is 13.8. The van der Waals surface area contributed by atoms with Gasteiger partial charge in [-0.3, -0.25) is 4.79 Å². The molecule has 0 fully saturated rings. The van der Waals surface area contributed by atoms with Gasteiger partial charge in [-0.05, 0) is 30.5 Å². The van der Waals surface area contributed by atoms with Crippen LogP contribution < -0.4 is 16.4 Å². The molecule has 114 valence electrons. The van der Waals surface area contributed by atoms with Crippen LogP contribution in [0.5, 0.6) is 0 Å². The smallest absolute Gasteiger partial charge is 0.326 e. The van der Waals surface area contributed by atoms with E-state index in [0.29, 0.717) is 5.69 Å². The molecule has 0 saturated carbocycles. The summed E-state index contributed by atoms with van der Waals surface area (Å²) in [5.74, 6) is -1.83. The average Bonchev–Trinajstić information content (AvgIpc) is 2.43. The van der Waals surface area contributed by atoms with Crippen LogP contribution in [0.2, 0.25) is 0 Å². The summed E-state index contributed by atoms with van der Waals surface area (Å²) in [4.78, 5) is 33.5. The van der Waals surface area contributed by atoms with Gasteiger partial charge < -0.3 is 21.5 Å². The van der Waals surface area contributed by atoms with Gasteiger partial charge in [0.1, 0.15) is 6.04 Å². The van der Waals surface area contributed by atoms with Gasteiger partial charge in [-0.2, -0.15) is 0 Å². The van der Waals surface area contributed by atoms with Gasteiger partial charge in [0.05, 0.1) is 0 Å². The fourth-order valence-corrected chi connectivity index (χ4v) is 1.74. The maximum absolute atomic E-state index is 11.8. The number of primary amides is 1. The lowest BCUT2D eigenvalue weighted by molar-refractivity contribution is -0.139. The van der Waals surface area contributed by atoms with Crippen molar-refractivity contribution in [2.24, 2.45) is 5.73 Å². The van der Waals surface area contributed by atoms with Gasteiger partial charge in [0, 0.05) is 12.1 Å². The Kier molecular flexibility index (Phi) is 6.19. The Labute approximate surface area is 122 Å². The van der Waals surface area contributed by atoms with E-state index in [4.69, 9.17) is 10.8 Å². The maximum atomic E-state index is 11.8. The van der Waals surface area contributed by atoms with Crippen LogP contribution >= 0.6 is 0 Å². The molecule has 0 bridgehead atoms. The van der Waals surface area contributed by atoms with Crippen molar-refractivity contribution in [1.82, 2.24) is 5.32 Å². The highest BCUT2D eigenvalue weighted by Gasteiger charge is 2.20. The number of carbonyl (C=O) groups is 3. The first-order chi connectivity index (χ1) is 9.92. The first-order valence-electron chi connectivity index (χ1n) is 6.60. The fourth-order valence-electron chi connectivity index (χ4n) is 1.74. The molecule has 0 heterocycles. The number of carboxylic acid groups (broad SMARTS) is 1. The molecule has 0 aliphatic heterocycles. The topological polar surface area (TPSA) is 122 Å². The van der Waals surface area contributed by atoms with Crippen molar-refractivity contribution in [3.8, 4) is 0 Å². The molecular weight excluding hydrogens is 274 g/mol. The summed E-state index contributed by atoms with van der Waals surface area (Å²) in [7, 11) is 0. The summed E-state index contributed by atoms with van der Waals surface area (Å²) >= 11 is 0. The molecular formula is C14H19N3O4.